The number of rotatable bonds is 0. The molecule has 0 atom stereocenters. The molecule has 2 aliphatic rings. The van der Waals surface area contributed by atoms with Gasteiger partial charge in [-0.15, -0.1) is 0 Å². The zero-order valence-corrected chi connectivity index (χ0v) is 16.7. The lowest BCUT2D eigenvalue weighted by molar-refractivity contribution is -0.165. The minimum absolute atomic E-state index is 0.0457. The van der Waals surface area contributed by atoms with Crippen molar-refractivity contribution in [3.8, 4) is 17.9 Å². The van der Waals surface area contributed by atoms with Crippen LogP contribution in [0.5, 0.6) is 0 Å². The van der Waals surface area contributed by atoms with E-state index in [4.69, 9.17) is 19.7 Å². The molecule has 0 saturated carbocycles. The zero-order chi connectivity index (χ0) is 21.4. The standard InChI is InChI=1S/C24H18FN3O3/c25-20-6-4-16(13-18(20)15-26)1-2-17-3-5-19-21(14-17)27-22-7-8-24(30-11-12-31-24)9-10-28(22)23(19)29/h3-6,13-14H,7-12H2. The highest BCUT2D eigenvalue weighted by atomic mass is 19.1. The van der Waals surface area contributed by atoms with Crippen LogP contribution in [-0.2, 0) is 22.4 Å². The van der Waals surface area contributed by atoms with E-state index in [1.54, 1.807) is 22.8 Å². The van der Waals surface area contributed by atoms with E-state index in [-0.39, 0.29) is 11.1 Å². The fraction of sp³-hybridized carbons (Fsp3) is 0.292. The summed E-state index contributed by atoms with van der Waals surface area (Å²) in [6.07, 6.45) is 1.88. The Morgan fingerprint density at radius 1 is 1.06 bits per heavy atom. The van der Waals surface area contributed by atoms with Gasteiger partial charge in [-0.3, -0.25) is 9.36 Å². The Labute approximate surface area is 177 Å². The highest BCUT2D eigenvalue weighted by Crippen LogP contribution is 2.31. The lowest BCUT2D eigenvalue weighted by Crippen LogP contribution is -2.31. The van der Waals surface area contributed by atoms with Gasteiger partial charge in [0.1, 0.15) is 17.7 Å². The Morgan fingerprint density at radius 3 is 2.58 bits per heavy atom. The first-order valence-electron chi connectivity index (χ1n) is 10.1. The van der Waals surface area contributed by atoms with Crippen molar-refractivity contribution < 1.29 is 13.9 Å². The van der Waals surface area contributed by atoms with Crippen LogP contribution in [0.25, 0.3) is 10.9 Å². The van der Waals surface area contributed by atoms with Crippen molar-refractivity contribution in [1.82, 2.24) is 9.55 Å². The van der Waals surface area contributed by atoms with Crippen molar-refractivity contribution in [2.75, 3.05) is 13.2 Å². The van der Waals surface area contributed by atoms with Crippen molar-refractivity contribution in [2.24, 2.45) is 0 Å². The minimum Gasteiger partial charge on any atom is -0.347 e. The zero-order valence-electron chi connectivity index (χ0n) is 16.7. The van der Waals surface area contributed by atoms with Crippen molar-refractivity contribution in [2.45, 2.75) is 31.6 Å². The Bertz CT molecular complexity index is 1350. The highest BCUT2D eigenvalue weighted by Gasteiger charge is 2.38. The molecule has 7 heteroatoms. The van der Waals surface area contributed by atoms with Crippen LogP contribution in [0.4, 0.5) is 4.39 Å². The Balaban J connectivity index is 1.49. The number of hydrogen-bond acceptors (Lipinski definition) is 5. The molecule has 31 heavy (non-hydrogen) atoms. The van der Waals surface area contributed by atoms with E-state index in [0.717, 1.165) is 5.82 Å². The Morgan fingerprint density at radius 2 is 1.81 bits per heavy atom. The van der Waals surface area contributed by atoms with Gasteiger partial charge >= 0.3 is 0 Å². The van der Waals surface area contributed by atoms with Crippen LogP contribution in [0.15, 0.2) is 41.2 Å². The average Bonchev–Trinajstić information content (AvgIpc) is 3.17. The molecule has 1 spiro atoms. The van der Waals surface area contributed by atoms with Gasteiger partial charge in [-0.1, -0.05) is 11.8 Å². The molecule has 0 aliphatic carbocycles. The predicted molar refractivity (Wildman–Crippen MR) is 111 cm³/mol. The summed E-state index contributed by atoms with van der Waals surface area (Å²) in [6.45, 7) is 1.66. The summed E-state index contributed by atoms with van der Waals surface area (Å²) in [5.41, 5.74) is 1.68. The summed E-state index contributed by atoms with van der Waals surface area (Å²) in [5, 5.41) is 9.50. The summed E-state index contributed by atoms with van der Waals surface area (Å²) >= 11 is 0. The third-order valence-electron chi connectivity index (χ3n) is 5.73. The molecule has 0 amide bonds. The second-order valence-corrected chi connectivity index (χ2v) is 7.63. The van der Waals surface area contributed by atoms with Gasteiger partial charge in [0.15, 0.2) is 5.79 Å². The summed E-state index contributed by atoms with van der Waals surface area (Å²) < 4.78 is 26.8. The summed E-state index contributed by atoms with van der Waals surface area (Å²) in [4.78, 5) is 17.8. The molecule has 0 unspecified atom stereocenters. The van der Waals surface area contributed by atoms with Crippen LogP contribution in [-0.4, -0.2) is 28.6 Å². The predicted octanol–water partition coefficient (Wildman–Crippen LogP) is 2.89. The van der Waals surface area contributed by atoms with Crippen molar-refractivity contribution in [1.29, 1.82) is 5.26 Å². The number of ether oxygens (including phenoxy) is 2. The monoisotopic (exact) mass is 415 g/mol. The van der Waals surface area contributed by atoms with Gasteiger partial charge in [0.2, 0.25) is 0 Å². The van der Waals surface area contributed by atoms with E-state index in [1.165, 1.54) is 18.2 Å². The van der Waals surface area contributed by atoms with Crippen LogP contribution in [0, 0.1) is 29.0 Å². The van der Waals surface area contributed by atoms with Gasteiger partial charge in [-0.25, -0.2) is 9.37 Å². The third kappa shape index (κ3) is 3.59. The molecule has 0 radical (unpaired) electrons. The lowest BCUT2D eigenvalue weighted by Gasteiger charge is -2.24. The first-order chi connectivity index (χ1) is 15.1. The van der Waals surface area contributed by atoms with Crippen LogP contribution >= 0.6 is 0 Å². The number of benzene rings is 2. The van der Waals surface area contributed by atoms with E-state index in [1.807, 2.05) is 6.07 Å². The molecule has 2 aliphatic heterocycles. The summed E-state index contributed by atoms with van der Waals surface area (Å²) in [7, 11) is 0. The normalized spacial score (nSPS) is 16.9. The number of nitriles is 1. The van der Waals surface area contributed by atoms with Crippen LogP contribution in [0.3, 0.4) is 0 Å². The topological polar surface area (TPSA) is 77.1 Å². The summed E-state index contributed by atoms with van der Waals surface area (Å²) in [5.74, 6) is 5.48. The van der Waals surface area contributed by atoms with Gasteiger partial charge in [0.05, 0.1) is 29.7 Å². The van der Waals surface area contributed by atoms with E-state index in [2.05, 4.69) is 11.8 Å². The first kappa shape index (κ1) is 19.4. The summed E-state index contributed by atoms with van der Waals surface area (Å²) in [6, 6.07) is 11.3. The molecular weight excluding hydrogens is 397 g/mol. The van der Waals surface area contributed by atoms with Crippen LogP contribution < -0.4 is 5.56 Å². The van der Waals surface area contributed by atoms with Gasteiger partial charge in [0, 0.05) is 36.9 Å². The number of fused-ring (bicyclic) bond motifs is 2. The van der Waals surface area contributed by atoms with E-state index >= 15 is 0 Å². The molecule has 1 fully saturated rings. The van der Waals surface area contributed by atoms with Crippen molar-refractivity contribution in [3.05, 3.63) is 75.1 Å². The largest absolute Gasteiger partial charge is 0.347 e. The molecule has 154 valence electrons. The molecular formula is C24H18FN3O3. The first-order valence-corrected chi connectivity index (χ1v) is 10.1. The number of aromatic nitrogens is 2. The maximum absolute atomic E-state index is 13.5. The molecule has 0 bridgehead atoms. The highest BCUT2D eigenvalue weighted by molar-refractivity contribution is 5.79. The van der Waals surface area contributed by atoms with Gasteiger partial charge in [-0.05, 0) is 36.4 Å². The quantitative estimate of drug-likeness (QED) is 0.528. The maximum Gasteiger partial charge on any atom is 0.261 e. The Hall–Kier alpha value is -3.52. The lowest BCUT2D eigenvalue weighted by atomic mass is 10.1. The molecule has 0 N–H and O–H groups in total. The van der Waals surface area contributed by atoms with E-state index in [0.29, 0.717) is 61.1 Å². The number of nitrogens with zero attached hydrogens (tertiary/aromatic N) is 3. The van der Waals surface area contributed by atoms with E-state index in [9.17, 15) is 9.18 Å². The fourth-order valence-electron chi connectivity index (χ4n) is 4.09. The van der Waals surface area contributed by atoms with Crippen LogP contribution in [0.1, 0.15) is 35.4 Å². The minimum atomic E-state index is -0.611. The second kappa shape index (κ2) is 7.63. The molecule has 1 aromatic heterocycles. The maximum atomic E-state index is 13.5. The molecule has 2 aromatic carbocycles. The SMILES string of the molecule is N#Cc1cc(C#Cc2ccc3c(=O)n4c(nc3c2)CCC2(CC4)OCCO2)ccc1F. The van der Waals surface area contributed by atoms with Crippen LogP contribution in [0.2, 0.25) is 0 Å². The third-order valence-corrected chi connectivity index (χ3v) is 5.73. The smallest absolute Gasteiger partial charge is 0.261 e. The number of aryl methyl sites for hydroxylation is 1. The van der Waals surface area contributed by atoms with Crippen molar-refractivity contribution in [3.63, 3.8) is 0 Å². The van der Waals surface area contributed by atoms with E-state index < -0.39 is 11.6 Å². The fourth-order valence-corrected chi connectivity index (χ4v) is 4.09. The van der Waals surface area contributed by atoms with Crippen molar-refractivity contribution >= 4 is 10.9 Å². The molecule has 5 rings (SSSR count). The second-order valence-electron chi connectivity index (χ2n) is 7.63. The number of halogens is 1. The molecule has 3 heterocycles. The van der Waals surface area contributed by atoms with Gasteiger partial charge in [0.25, 0.3) is 5.56 Å². The molecule has 3 aromatic rings. The number of hydrogen-bond donors (Lipinski definition) is 0. The molecule has 1 saturated heterocycles. The average molecular weight is 415 g/mol. The van der Waals surface area contributed by atoms with Gasteiger partial charge in [-0.2, -0.15) is 5.26 Å². The van der Waals surface area contributed by atoms with Gasteiger partial charge < -0.3 is 9.47 Å². The Kier molecular flexibility index (Phi) is 4.78. The molecule has 6 nitrogen and oxygen atoms in total.